The van der Waals surface area contributed by atoms with E-state index in [0.717, 1.165) is 15.6 Å². The Morgan fingerprint density at radius 2 is 2.19 bits per heavy atom. The van der Waals surface area contributed by atoms with Crippen molar-refractivity contribution >= 4 is 38.9 Å². The Morgan fingerprint density at radius 3 is 2.62 bits per heavy atom. The maximum absolute atomic E-state index is 11.9. The minimum atomic E-state index is -3.62. The summed E-state index contributed by atoms with van der Waals surface area (Å²) in [7, 11) is -0.822. The summed E-state index contributed by atoms with van der Waals surface area (Å²) >= 11 is 6.62. The molecule has 5 nitrogen and oxygen atoms in total. The van der Waals surface area contributed by atoms with Crippen molar-refractivity contribution < 1.29 is 13.2 Å². The zero-order valence-corrected chi connectivity index (χ0v) is 11.1. The van der Waals surface area contributed by atoms with Gasteiger partial charge in [0.1, 0.15) is 4.21 Å². The van der Waals surface area contributed by atoms with Crippen LogP contribution in [0.25, 0.3) is 0 Å². The molecule has 0 aliphatic heterocycles. The first-order valence-corrected chi connectivity index (χ1v) is 6.93. The molecule has 0 aliphatic carbocycles. The molecule has 1 amide bonds. The summed E-state index contributed by atoms with van der Waals surface area (Å²) in [6.07, 6.45) is 0. The summed E-state index contributed by atoms with van der Waals surface area (Å²) in [6, 6.07) is 2.93. The number of thiophene rings is 1. The molecular formula is C8H11ClN2O3S2. The third kappa shape index (κ3) is 2.94. The van der Waals surface area contributed by atoms with E-state index in [1.165, 1.54) is 26.2 Å². The van der Waals surface area contributed by atoms with E-state index >= 15 is 0 Å². The molecule has 0 fully saturated rings. The highest BCUT2D eigenvalue weighted by Gasteiger charge is 2.24. The number of carbonyl (C=O) groups excluding carboxylic acids is 1. The molecule has 1 aromatic rings. The zero-order chi connectivity index (χ0) is 12.3. The number of hydrogen-bond acceptors (Lipinski definition) is 4. The van der Waals surface area contributed by atoms with E-state index in [2.05, 4.69) is 5.32 Å². The second-order valence-corrected chi connectivity index (χ2v) is 6.98. The minimum absolute atomic E-state index is 0.129. The van der Waals surface area contributed by atoms with E-state index in [9.17, 15) is 13.2 Å². The molecule has 90 valence electrons. The summed E-state index contributed by atoms with van der Waals surface area (Å²) in [5.74, 6) is -0.367. The Labute approximate surface area is 103 Å². The van der Waals surface area contributed by atoms with Gasteiger partial charge >= 0.3 is 0 Å². The Balaban J connectivity index is 2.90. The topological polar surface area (TPSA) is 66.5 Å². The van der Waals surface area contributed by atoms with Crippen LogP contribution in [-0.2, 0) is 14.8 Å². The molecule has 0 radical (unpaired) electrons. The average molecular weight is 283 g/mol. The molecule has 8 heteroatoms. The van der Waals surface area contributed by atoms with Gasteiger partial charge in [0.25, 0.3) is 10.0 Å². The van der Waals surface area contributed by atoms with Crippen LogP contribution < -0.4 is 5.32 Å². The molecule has 0 spiro atoms. The molecule has 0 aliphatic rings. The summed E-state index contributed by atoms with van der Waals surface area (Å²) in [6.45, 7) is -0.214. The van der Waals surface area contributed by atoms with Crippen molar-refractivity contribution in [1.82, 2.24) is 9.62 Å². The van der Waals surface area contributed by atoms with Crippen LogP contribution in [0.1, 0.15) is 0 Å². The molecule has 1 aromatic heterocycles. The van der Waals surface area contributed by atoms with Crippen molar-refractivity contribution in [3.05, 3.63) is 16.5 Å². The number of nitrogens with zero attached hydrogens (tertiary/aromatic N) is 1. The summed E-state index contributed by atoms with van der Waals surface area (Å²) < 4.78 is 25.3. The van der Waals surface area contributed by atoms with Crippen LogP contribution in [0, 0.1) is 0 Å². The number of sulfonamides is 1. The van der Waals surface area contributed by atoms with Gasteiger partial charge in [-0.1, -0.05) is 11.6 Å². The van der Waals surface area contributed by atoms with Gasteiger partial charge in [0.2, 0.25) is 5.91 Å². The number of likely N-dealkylation sites (N-methyl/N-ethyl adjacent to an activating group) is 2. The van der Waals surface area contributed by atoms with Crippen LogP contribution >= 0.6 is 22.9 Å². The summed E-state index contributed by atoms with van der Waals surface area (Å²) in [5, 5.41) is 2.36. The van der Waals surface area contributed by atoms with Gasteiger partial charge in [-0.05, 0) is 12.1 Å². The molecule has 0 atom stereocenters. The smallest absolute Gasteiger partial charge is 0.252 e. The van der Waals surface area contributed by atoms with E-state index in [-0.39, 0.29) is 16.7 Å². The third-order valence-electron chi connectivity index (χ3n) is 1.86. The molecule has 0 bridgehead atoms. The van der Waals surface area contributed by atoms with Crippen molar-refractivity contribution in [3.63, 3.8) is 0 Å². The van der Waals surface area contributed by atoms with Crippen LogP contribution in [0.2, 0.25) is 4.34 Å². The average Bonchev–Trinajstić information content (AvgIpc) is 2.65. The van der Waals surface area contributed by atoms with Crippen molar-refractivity contribution in [2.24, 2.45) is 0 Å². The van der Waals surface area contributed by atoms with Gasteiger partial charge in [-0.15, -0.1) is 11.3 Å². The number of nitrogens with one attached hydrogen (secondary N) is 1. The first-order chi connectivity index (χ1) is 7.37. The number of amides is 1. The SMILES string of the molecule is CNC(=O)CN(C)S(=O)(=O)c1ccc(Cl)s1. The van der Waals surface area contributed by atoms with Crippen LogP contribution in [0.15, 0.2) is 16.3 Å². The summed E-state index contributed by atoms with van der Waals surface area (Å²) in [5.41, 5.74) is 0. The van der Waals surface area contributed by atoms with Gasteiger partial charge in [-0.25, -0.2) is 8.42 Å². The Bertz CT molecular complexity index is 483. The predicted octanol–water partition coefficient (Wildman–Crippen LogP) is 0.768. The molecule has 0 saturated carbocycles. The Morgan fingerprint density at radius 1 is 1.56 bits per heavy atom. The van der Waals surface area contributed by atoms with E-state index in [0.29, 0.717) is 4.34 Å². The Hall–Kier alpha value is -0.630. The van der Waals surface area contributed by atoms with E-state index in [1.54, 1.807) is 0 Å². The number of hydrogen-bond donors (Lipinski definition) is 1. The van der Waals surface area contributed by atoms with Crippen LogP contribution in [0.3, 0.4) is 0 Å². The highest BCUT2D eigenvalue weighted by atomic mass is 35.5. The molecule has 1 heterocycles. The molecule has 0 unspecified atom stereocenters. The first kappa shape index (κ1) is 13.4. The normalized spacial score (nSPS) is 11.8. The lowest BCUT2D eigenvalue weighted by molar-refractivity contribution is -0.120. The maximum Gasteiger partial charge on any atom is 0.252 e. The molecular weight excluding hydrogens is 272 g/mol. The van der Waals surface area contributed by atoms with Crippen molar-refractivity contribution in [2.75, 3.05) is 20.6 Å². The number of halogens is 1. The van der Waals surface area contributed by atoms with E-state index in [4.69, 9.17) is 11.6 Å². The maximum atomic E-state index is 11.9. The van der Waals surface area contributed by atoms with Crippen LogP contribution in [0.5, 0.6) is 0 Å². The standard InChI is InChI=1S/C8H11ClN2O3S2/c1-10-7(12)5-11(2)16(13,14)8-4-3-6(9)15-8/h3-4H,5H2,1-2H3,(H,10,12). The lowest BCUT2D eigenvalue weighted by atomic mass is 10.6. The van der Waals surface area contributed by atoms with Crippen molar-refractivity contribution in [1.29, 1.82) is 0 Å². The minimum Gasteiger partial charge on any atom is -0.358 e. The van der Waals surface area contributed by atoms with Gasteiger partial charge in [0.15, 0.2) is 0 Å². The highest BCUT2D eigenvalue weighted by Crippen LogP contribution is 2.27. The quantitative estimate of drug-likeness (QED) is 0.887. The molecule has 1 rings (SSSR count). The lowest BCUT2D eigenvalue weighted by Crippen LogP contribution is -2.36. The van der Waals surface area contributed by atoms with E-state index in [1.807, 2.05) is 0 Å². The van der Waals surface area contributed by atoms with Gasteiger partial charge in [0.05, 0.1) is 10.9 Å². The predicted molar refractivity (Wildman–Crippen MR) is 63.2 cm³/mol. The highest BCUT2D eigenvalue weighted by molar-refractivity contribution is 7.91. The van der Waals surface area contributed by atoms with Crippen molar-refractivity contribution in [2.45, 2.75) is 4.21 Å². The monoisotopic (exact) mass is 282 g/mol. The van der Waals surface area contributed by atoms with Gasteiger partial charge < -0.3 is 5.32 Å². The number of rotatable bonds is 4. The fourth-order valence-electron chi connectivity index (χ4n) is 0.956. The summed E-state index contributed by atoms with van der Waals surface area (Å²) in [4.78, 5) is 11.1. The van der Waals surface area contributed by atoms with Crippen LogP contribution in [0.4, 0.5) is 0 Å². The van der Waals surface area contributed by atoms with E-state index < -0.39 is 10.0 Å². The van der Waals surface area contributed by atoms with Crippen LogP contribution in [-0.4, -0.2) is 39.3 Å². The van der Waals surface area contributed by atoms with Crippen molar-refractivity contribution in [3.8, 4) is 0 Å². The van der Waals surface area contributed by atoms with Gasteiger partial charge in [0, 0.05) is 14.1 Å². The third-order valence-corrected chi connectivity index (χ3v) is 5.36. The molecule has 0 saturated heterocycles. The number of carbonyl (C=O) groups is 1. The zero-order valence-electron chi connectivity index (χ0n) is 8.73. The fraction of sp³-hybridized carbons (Fsp3) is 0.375. The molecule has 0 aromatic carbocycles. The second kappa shape index (κ2) is 5.13. The van der Waals surface area contributed by atoms with Gasteiger partial charge in [-0.3, -0.25) is 4.79 Å². The Kier molecular flexibility index (Phi) is 4.31. The lowest BCUT2D eigenvalue weighted by Gasteiger charge is -2.14. The van der Waals surface area contributed by atoms with Gasteiger partial charge in [-0.2, -0.15) is 4.31 Å². The first-order valence-electron chi connectivity index (χ1n) is 4.30. The largest absolute Gasteiger partial charge is 0.358 e. The fourth-order valence-corrected chi connectivity index (χ4v) is 3.78. The molecule has 16 heavy (non-hydrogen) atoms. The molecule has 1 N–H and O–H groups in total. The second-order valence-electron chi connectivity index (χ2n) is 2.99.